The third-order valence-corrected chi connectivity index (χ3v) is 4.06. The number of thioether (sulfide) groups is 1. The molecule has 2 rings (SSSR count). The molecular weight excluding hydrogens is 272 g/mol. The molecule has 1 aliphatic carbocycles. The minimum atomic E-state index is -0.242. The molecule has 0 aromatic heterocycles. The summed E-state index contributed by atoms with van der Waals surface area (Å²) in [6, 6.07) is 9.60. The Morgan fingerprint density at radius 3 is 2.25 bits per heavy atom. The molecule has 20 heavy (non-hydrogen) atoms. The van der Waals surface area contributed by atoms with E-state index in [2.05, 4.69) is 0 Å². The van der Waals surface area contributed by atoms with E-state index in [1.54, 1.807) is 6.92 Å². The average molecular weight is 294 g/mol. The minimum absolute atomic E-state index is 0.242. The maximum absolute atomic E-state index is 10.6. The Balaban J connectivity index is 0.000000204. The van der Waals surface area contributed by atoms with E-state index in [4.69, 9.17) is 4.74 Å². The van der Waals surface area contributed by atoms with Crippen LogP contribution in [0.5, 0.6) is 0 Å². The van der Waals surface area contributed by atoms with Crippen molar-refractivity contribution in [2.24, 2.45) is 0 Å². The van der Waals surface area contributed by atoms with Crippen molar-refractivity contribution >= 4 is 22.8 Å². The van der Waals surface area contributed by atoms with E-state index in [1.807, 2.05) is 30.3 Å². The van der Waals surface area contributed by atoms with Gasteiger partial charge in [-0.15, -0.1) is 0 Å². The summed E-state index contributed by atoms with van der Waals surface area (Å²) < 4.78 is 4.79. The summed E-state index contributed by atoms with van der Waals surface area (Å²) in [7, 11) is 0. The third kappa shape index (κ3) is 8.00. The van der Waals surface area contributed by atoms with Crippen LogP contribution in [0.1, 0.15) is 45.1 Å². The van der Waals surface area contributed by atoms with Crippen LogP contribution in [0.2, 0.25) is 0 Å². The lowest BCUT2D eigenvalue weighted by molar-refractivity contribution is -0.142. The molecular formula is C16H22O3S. The van der Waals surface area contributed by atoms with Crippen molar-refractivity contribution in [3.8, 4) is 0 Å². The molecule has 1 aromatic carbocycles. The Kier molecular flexibility index (Phi) is 8.04. The highest BCUT2D eigenvalue weighted by molar-refractivity contribution is 8.14. The van der Waals surface area contributed by atoms with Crippen LogP contribution in [0.15, 0.2) is 30.3 Å². The second-order valence-electron chi connectivity index (χ2n) is 4.78. The van der Waals surface area contributed by atoms with Gasteiger partial charge in [-0.3, -0.25) is 9.59 Å². The smallest absolute Gasteiger partial charge is 0.302 e. The summed E-state index contributed by atoms with van der Waals surface area (Å²) in [5, 5.41) is 0.935. The number of hydrogen-bond acceptors (Lipinski definition) is 4. The number of rotatable bonds is 3. The zero-order valence-electron chi connectivity index (χ0n) is 12.1. The maximum Gasteiger partial charge on any atom is 0.302 e. The van der Waals surface area contributed by atoms with Gasteiger partial charge in [0.25, 0.3) is 0 Å². The number of ether oxygens (including phenoxy) is 1. The monoisotopic (exact) mass is 294 g/mol. The third-order valence-electron chi connectivity index (χ3n) is 2.92. The van der Waals surface area contributed by atoms with E-state index in [0.717, 1.165) is 5.56 Å². The zero-order valence-corrected chi connectivity index (χ0v) is 12.9. The summed E-state index contributed by atoms with van der Waals surface area (Å²) >= 11 is 1.52. The van der Waals surface area contributed by atoms with Crippen molar-refractivity contribution in [3.05, 3.63) is 35.9 Å². The van der Waals surface area contributed by atoms with Gasteiger partial charge in [-0.25, -0.2) is 0 Å². The normalized spacial score (nSPS) is 14.3. The SMILES string of the molecule is CC(=O)OCc1ccccc1.CC(=O)SC1CCCC1. The first kappa shape index (κ1) is 16.8. The highest BCUT2D eigenvalue weighted by Crippen LogP contribution is 2.29. The molecule has 0 amide bonds. The van der Waals surface area contributed by atoms with Gasteiger partial charge in [0.1, 0.15) is 6.61 Å². The molecule has 0 spiro atoms. The van der Waals surface area contributed by atoms with Crippen molar-refractivity contribution in [3.63, 3.8) is 0 Å². The summed E-state index contributed by atoms with van der Waals surface area (Å²) in [6.45, 7) is 3.43. The molecule has 4 heteroatoms. The van der Waals surface area contributed by atoms with E-state index in [-0.39, 0.29) is 11.1 Å². The molecule has 1 saturated carbocycles. The zero-order chi connectivity index (χ0) is 14.8. The van der Waals surface area contributed by atoms with Crippen LogP contribution in [-0.2, 0) is 20.9 Å². The first-order valence-corrected chi connectivity index (χ1v) is 7.80. The standard InChI is InChI=1S/C9H10O2.C7H12OS/c1-8(10)11-7-9-5-3-2-4-6-9;1-6(8)9-7-4-2-3-5-7/h2-6H,7H2,1H3;7H,2-5H2,1H3. The van der Waals surface area contributed by atoms with E-state index in [1.165, 1.54) is 44.4 Å². The van der Waals surface area contributed by atoms with Crippen LogP contribution in [0.25, 0.3) is 0 Å². The molecule has 110 valence electrons. The summed E-state index contributed by atoms with van der Waals surface area (Å²) in [4.78, 5) is 21.0. The van der Waals surface area contributed by atoms with Gasteiger partial charge in [-0.1, -0.05) is 54.9 Å². The topological polar surface area (TPSA) is 43.4 Å². The van der Waals surface area contributed by atoms with Crippen molar-refractivity contribution in [1.82, 2.24) is 0 Å². The molecule has 1 aliphatic rings. The lowest BCUT2D eigenvalue weighted by atomic mass is 10.2. The largest absolute Gasteiger partial charge is 0.461 e. The van der Waals surface area contributed by atoms with Crippen LogP contribution in [0.3, 0.4) is 0 Å². The molecule has 0 unspecified atom stereocenters. The van der Waals surface area contributed by atoms with Gasteiger partial charge in [0.2, 0.25) is 0 Å². The molecule has 1 fully saturated rings. The Labute approximate surface area is 125 Å². The second kappa shape index (κ2) is 9.59. The van der Waals surface area contributed by atoms with Gasteiger partial charge >= 0.3 is 5.97 Å². The number of hydrogen-bond donors (Lipinski definition) is 0. The van der Waals surface area contributed by atoms with Gasteiger partial charge < -0.3 is 4.74 Å². The summed E-state index contributed by atoms with van der Waals surface area (Å²) in [5.41, 5.74) is 1.02. The first-order valence-electron chi connectivity index (χ1n) is 6.92. The van der Waals surface area contributed by atoms with Gasteiger partial charge in [0.05, 0.1) is 0 Å². The van der Waals surface area contributed by atoms with Crippen LogP contribution >= 0.6 is 11.8 Å². The highest BCUT2D eigenvalue weighted by atomic mass is 32.2. The second-order valence-corrected chi connectivity index (χ2v) is 6.26. The van der Waals surface area contributed by atoms with Gasteiger partial charge in [0, 0.05) is 19.1 Å². The predicted octanol–water partition coefficient (Wildman–Crippen LogP) is 3.96. The fourth-order valence-corrected chi connectivity index (χ4v) is 3.04. The van der Waals surface area contributed by atoms with Gasteiger partial charge in [-0.2, -0.15) is 0 Å². The summed E-state index contributed by atoms with van der Waals surface area (Å²) in [5.74, 6) is -0.242. The fraction of sp³-hybridized carbons (Fsp3) is 0.500. The summed E-state index contributed by atoms with van der Waals surface area (Å²) in [6.07, 6.45) is 5.16. The molecule has 0 radical (unpaired) electrons. The fourth-order valence-electron chi connectivity index (χ4n) is 2.00. The van der Waals surface area contributed by atoms with Crippen LogP contribution in [0, 0.1) is 0 Å². The first-order chi connectivity index (χ1) is 9.58. The Hall–Kier alpha value is -1.29. The maximum atomic E-state index is 10.6. The average Bonchev–Trinajstić information content (AvgIpc) is 2.90. The molecule has 0 heterocycles. The number of benzene rings is 1. The van der Waals surface area contributed by atoms with Crippen LogP contribution < -0.4 is 0 Å². The minimum Gasteiger partial charge on any atom is -0.461 e. The molecule has 1 aromatic rings. The van der Waals surface area contributed by atoms with Crippen molar-refractivity contribution in [2.75, 3.05) is 0 Å². The predicted molar refractivity (Wildman–Crippen MR) is 82.4 cm³/mol. The molecule has 0 aliphatic heterocycles. The van der Waals surface area contributed by atoms with E-state index < -0.39 is 0 Å². The Morgan fingerprint density at radius 1 is 1.15 bits per heavy atom. The molecule has 3 nitrogen and oxygen atoms in total. The van der Waals surface area contributed by atoms with Crippen molar-refractivity contribution in [2.45, 2.75) is 51.4 Å². The molecule has 0 N–H and O–H groups in total. The Bertz CT molecular complexity index is 411. The quantitative estimate of drug-likeness (QED) is 0.791. The van der Waals surface area contributed by atoms with Gasteiger partial charge in [-0.05, 0) is 18.4 Å². The molecule has 0 atom stereocenters. The highest BCUT2D eigenvalue weighted by Gasteiger charge is 2.16. The van der Waals surface area contributed by atoms with Crippen molar-refractivity contribution in [1.29, 1.82) is 0 Å². The number of carbonyl (C=O) groups excluding carboxylic acids is 2. The van der Waals surface area contributed by atoms with Gasteiger partial charge in [0.15, 0.2) is 5.12 Å². The lowest BCUT2D eigenvalue weighted by Crippen LogP contribution is -1.97. The van der Waals surface area contributed by atoms with Crippen LogP contribution in [0.4, 0.5) is 0 Å². The lowest BCUT2D eigenvalue weighted by Gasteiger charge is -2.02. The molecule has 0 bridgehead atoms. The van der Waals surface area contributed by atoms with E-state index >= 15 is 0 Å². The number of esters is 1. The molecule has 0 saturated heterocycles. The Morgan fingerprint density at radius 2 is 1.75 bits per heavy atom. The number of carbonyl (C=O) groups is 2. The van der Waals surface area contributed by atoms with E-state index in [9.17, 15) is 9.59 Å². The van der Waals surface area contributed by atoms with E-state index in [0.29, 0.717) is 11.9 Å². The van der Waals surface area contributed by atoms with Crippen LogP contribution in [-0.4, -0.2) is 16.3 Å². The van der Waals surface area contributed by atoms with Crippen molar-refractivity contribution < 1.29 is 14.3 Å².